The lowest BCUT2D eigenvalue weighted by molar-refractivity contribution is 0.0727. The summed E-state index contributed by atoms with van der Waals surface area (Å²) in [6.07, 6.45) is 2.31. The molecule has 1 aromatic heterocycles. The lowest BCUT2D eigenvalue weighted by Crippen LogP contribution is -2.50. The average Bonchev–Trinajstić information content (AvgIpc) is 2.69. The minimum atomic E-state index is -0.342. The first-order valence-corrected chi connectivity index (χ1v) is 6.61. The standard InChI is InChI=1S/C13H18ClN3O2/c1-8-13(2,4-5-19-8)17-12(18)9-6-10(14)11(15-3)16-7-9/h6-8H,4-5H2,1-3H3,(H,15,16)(H,17,18). The van der Waals surface area contributed by atoms with Crippen LogP contribution in [0, 0.1) is 0 Å². The number of hydrogen-bond donors (Lipinski definition) is 2. The van der Waals surface area contributed by atoms with E-state index in [9.17, 15) is 4.79 Å². The van der Waals surface area contributed by atoms with Crippen LogP contribution in [0.25, 0.3) is 0 Å². The fourth-order valence-electron chi connectivity index (χ4n) is 2.08. The number of carbonyl (C=O) groups excluding carboxylic acids is 1. The number of amides is 1. The number of hydrogen-bond acceptors (Lipinski definition) is 4. The van der Waals surface area contributed by atoms with Crippen molar-refractivity contribution >= 4 is 23.3 Å². The summed E-state index contributed by atoms with van der Waals surface area (Å²) in [5.41, 5.74) is 0.106. The van der Waals surface area contributed by atoms with Crippen LogP contribution in [0.2, 0.25) is 5.02 Å². The van der Waals surface area contributed by atoms with Crippen LogP contribution in [0.1, 0.15) is 30.6 Å². The minimum Gasteiger partial charge on any atom is -0.376 e. The molecule has 1 aliphatic heterocycles. The van der Waals surface area contributed by atoms with E-state index < -0.39 is 0 Å². The van der Waals surface area contributed by atoms with Crippen LogP contribution in [0.15, 0.2) is 12.3 Å². The zero-order valence-electron chi connectivity index (χ0n) is 11.3. The SMILES string of the molecule is CNc1ncc(C(=O)NC2(C)CCOC2C)cc1Cl. The highest BCUT2D eigenvalue weighted by molar-refractivity contribution is 6.33. The third-order valence-electron chi connectivity index (χ3n) is 3.63. The number of rotatable bonds is 3. The molecule has 19 heavy (non-hydrogen) atoms. The molecule has 1 fully saturated rings. The maximum atomic E-state index is 12.2. The van der Waals surface area contributed by atoms with E-state index in [1.165, 1.54) is 6.20 Å². The van der Waals surface area contributed by atoms with Gasteiger partial charge in [-0.05, 0) is 26.3 Å². The van der Waals surface area contributed by atoms with Gasteiger partial charge in [0, 0.05) is 19.9 Å². The van der Waals surface area contributed by atoms with Crippen molar-refractivity contribution in [1.82, 2.24) is 10.3 Å². The molecule has 1 aliphatic rings. The van der Waals surface area contributed by atoms with Crippen LogP contribution < -0.4 is 10.6 Å². The summed E-state index contributed by atoms with van der Waals surface area (Å²) in [4.78, 5) is 16.3. The summed E-state index contributed by atoms with van der Waals surface area (Å²) in [7, 11) is 1.73. The highest BCUT2D eigenvalue weighted by Crippen LogP contribution is 2.26. The molecule has 1 aromatic rings. The molecule has 2 rings (SSSR count). The summed E-state index contributed by atoms with van der Waals surface area (Å²) in [6.45, 7) is 4.61. The van der Waals surface area contributed by atoms with Crippen molar-refractivity contribution in [2.24, 2.45) is 0 Å². The Morgan fingerprint density at radius 3 is 2.89 bits per heavy atom. The Labute approximate surface area is 117 Å². The molecule has 1 saturated heterocycles. The second-order valence-electron chi connectivity index (χ2n) is 4.94. The largest absolute Gasteiger partial charge is 0.376 e. The summed E-state index contributed by atoms with van der Waals surface area (Å²) in [5, 5.41) is 6.28. The van der Waals surface area contributed by atoms with E-state index in [0.717, 1.165) is 6.42 Å². The number of halogens is 1. The summed E-state index contributed by atoms with van der Waals surface area (Å²) in [6, 6.07) is 1.61. The van der Waals surface area contributed by atoms with Gasteiger partial charge in [0.2, 0.25) is 0 Å². The first-order chi connectivity index (χ1) is 8.96. The van der Waals surface area contributed by atoms with Gasteiger partial charge in [-0.25, -0.2) is 4.98 Å². The van der Waals surface area contributed by atoms with Gasteiger partial charge >= 0.3 is 0 Å². The van der Waals surface area contributed by atoms with Crippen molar-refractivity contribution in [3.63, 3.8) is 0 Å². The van der Waals surface area contributed by atoms with Gasteiger partial charge in [0.1, 0.15) is 5.82 Å². The predicted octanol–water partition coefficient (Wildman–Crippen LogP) is 2.07. The second kappa shape index (κ2) is 5.35. The van der Waals surface area contributed by atoms with Gasteiger partial charge in [0.15, 0.2) is 0 Å². The Kier molecular flexibility index (Phi) is 3.96. The lowest BCUT2D eigenvalue weighted by Gasteiger charge is -2.28. The van der Waals surface area contributed by atoms with Crippen LogP contribution in [0.3, 0.4) is 0 Å². The van der Waals surface area contributed by atoms with Crippen LogP contribution >= 0.6 is 11.6 Å². The smallest absolute Gasteiger partial charge is 0.253 e. The molecule has 2 unspecified atom stereocenters. The number of carbonyl (C=O) groups is 1. The summed E-state index contributed by atoms with van der Waals surface area (Å²) in [5.74, 6) is 0.374. The molecule has 2 N–H and O–H groups in total. The van der Waals surface area contributed by atoms with E-state index in [0.29, 0.717) is 23.0 Å². The van der Waals surface area contributed by atoms with Gasteiger partial charge < -0.3 is 15.4 Å². The van der Waals surface area contributed by atoms with Gasteiger partial charge in [0.25, 0.3) is 5.91 Å². The van der Waals surface area contributed by atoms with E-state index in [1.807, 2.05) is 13.8 Å². The maximum absolute atomic E-state index is 12.2. The summed E-state index contributed by atoms with van der Waals surface area (Å²) < 4.78 is 5.50. The van der Waals surface area contributed by atoms with E-state index in [-0.39, 0.29) is 17.6 Å². The number of nitrogens with one attached hydrogen (secondary N) is 2. The molecule has 0 radical (unpaired) electrons. The predicted molar refractivity (Wildman–Crippen MR) is 74.7 cm³/mol. The number of aromatic nitrogens is 1. The van der Waals surface area contributed by atoms with E-state index >= 15 is 0 Å². The van der Waals surface area contributed by atoms with Crippen molar-refractivity contribution in [2.75, 3.05) is 19.0 Å². The molecular formula is C13H18ClN3O2. The van der Waals surface area contributed by atoms with Gasteiger partial charge in [-0.3, -0.25) is 4.79 Å². The highest BCUT2D eigenvalue weighted by Gasteiger charge is 2.38. The van der Waals surface area contributed by atoms with Gasteiger partial charge in [-0.15, -0.1) is 0 Å². The zero-order chi connectivity index (χ0) is 14.0. The molecule has 0 saturated carbocycles. The van der Waals surface area contributed by atoms with Crippen LogP contribution in [0.5, 0.6) is 0 Å². The normalized spacial score (nSPS) is 26.2. The Balaban J connectivity index is 2.14. The Hall–Kier alpha value is -1.33. The zero-order valence-corrected chi connectivity index (χ0v) is 12.0. The highest BCUT2D eigenvalue weighted by atomic mass is 35.5. The van der Waals surface area contributed by atoms with Crippen molar-refractivity contribution < 1.29 is 9.53 Å². The van der Waals surface area contributed by atoms with E-state index in [1.54, 1.807) is 13.1 Å². The van der Waals surface area contributed by atoms with Crippen molar-refractivity contribution in [2.45, 2.75) is 31.9 Å². The number of pyridine rings is 1. The third-order valence-corrected chi connectivity index (χ3v) is 3.91. The van der Waals surface area contributed by atoms with E-state index in [2.05, 4.69) is 15.6 Å². The fourth-order valence-corrected chi connectivity index (χ4v) is 2.34. The molecule has 6 heteroatoms. The van der Waals surface area contributed by atoms with E-state index in [4.69, 9.17) is 16.3 Å². The van der Waals surface area contributed by atoms with Crippen LogP contribution in [-0.2, 0) is 4.74 Å². The van der Waals surface area contributed by atoms with Crippen molar-refractivity contribution in [3.8, 4) is 0 Å². The molecule has 2 heterocycles. The molecule has 104 valence electrons. The minimum absolute atomic E-state index is 0.00328. The quantitative estimate of drug-likeness (QED) is 0.891. The van der Waals surface area contributed by atoms with Crippen molar-refractivity contribution in [3.05, 3.63) is 22.8 Å². The van der Waals surface area contributed by atoms with Gasteiger partial charge in [-0.2, -0.15) is 0 Å². The van der Waals surface area contributed by atoms with Crippen LogP contribution in [0.4, 0.5) is 5.82 Å². The van der Waals surface area contributed by atoms with Gasteiger partial charge in [0.05, 0.1) is 22.2 Å². The third kappa shape index (κ3) is 2.82. The van der Waals surface area contributed by atoms with Crippen LogP contribution in [-0.4, -0.2) is 36.2 Å². The summed E-state index contributed by atoms with van der Waals surface area (Å²) >= 11 is 6.02. The molecular weight excluding hydrogens is 266 g/mol. The first kappa shape index (κ1) is 14.1. The molecule has 0 aliphatic carbocycles. The molecule has 0 aromatic carbocycles. The number of nitrogens with zero attached hydrogens (tertiary/aromatic N) is 1. The molecule has 2 atom stereocenters. The molecule has 0 spiro atoms. The monoisotopic (exact) mass is 283 g/mol. The Morgan fingerprint density at radius 2 is 2.37 bits per heavy atom. The molecule has 1 amide bonds. The number of anilines is 1. The average molecular weight is 284 g/mol. The maximum Gasteiger partial charge on any atom is 0.253 e. The topological polar surface area (TPSA) is 63.2 Å². The fraction of sp³-hybridized carbons (Fsp3) is 0.538. The number of ether oxygens (including phenoxy) is 1. The Bertz CT molecular complexity index is 495. The first-order valence-electron chi connectivity index (χ1n) is 6.23. The van der Waals surface area contributed by atoms with Crippen molar-refractivity contribution in [1.29, 1.82) is 0 Å². The van der Waals surface area contributed by atoms with Gasteiger partial charge in [-0.1, -0.05) is 11.6 Å². The molecule has 0 bridgehead atoms. The Morgan fingerprint density at radius 1 is 1.63 bits per heavy atom. The molecule has 5 nitrogen and oxygen atoms in total. The second-order valence-corrected chi connectivity index (χ2v) is 5.35. The lowest BCUT2D eigenvalue weighted by atomic mass is 9.94.